The molecule has 2 rings (SSSR count). The molecule has 1 amide bonds. The molecule has 0 aromatic carbocycles. The number of nitrogens with zero attached hydrogens (tertiary/aromatic N) is 1. The molecule has 2 unspecified atom stereocenters. The smallest absolute Gasteiger partial charge is 0.226 e. The van der Waals surface area contributed by atoms with Crippen LogP contribution in [0.1, 0.15) is 46.0 Å². The van der Waals surface area contributed by atoms with Crippen LogP contribution in [0.25, 0.3) is 0 Å². The van der Waals surface area contributed by atoms with Gasteiger partial charge in [-0.1, -0.05) is 13.8 Å². The lowest BCUT2D eigenvalue weighted by atomic mass is 10.0. The molecule has 1 saturated heterocycles. The van der Waals surface area contributed by atoms with Gasteiger partial charge < -0.3 is 15.4 Å². The first-order valence-corrected chi connectivity index (χ1v) is 7.71. The molecule has 0 radical (unpaired) electrons. The number of hydrogen-bond donors (Lipinski definition) is 1. The molecule has 19 heavy (non-hydrogen) atoms. The average Bonchev–Trinajstić information content (AvgIpc) is 3.12. The minimum absolute atomic E-state index is 0.283. The molecular formula is C15H28N2O2. The molecule has 2 N–H and O–H groups in total. The Morgan fingerprint density at radius 1 is 1.42 bits per heavy atom. The lowest BCUT2D eigenvalue weighted by Gasteiger charge is -2.32. The summed E-state index contributed by atoms with van der Waals surface area (Å²) in [6.45, 7) is 7.59. The summed E-state index contributed by atoms with van der Waals surface area (Å²) in [6.07, 6.45) is 5.40. The summed E-state index contributed by atoms with van der Waals surface area (Å²) in [5.74, 6) is 0.664. The predicted molar refractivity (Wildman–Crippen MR) is 75.7 cm³/mol. The highest BCUT2D eigenvalue weighted by molar-refractivity contribution is 5.82. The van der Waals surface area contributed by atoms with Crippen molar-refractivity contribution in [1.29, 1.82) is 0 Å². The van der Waals surface area contributed by atoms with Crippen LogP contribution in [0.15, 0.2) is 0 Å². The topological polar surface area (TPSA) is 55.6 Å². The molecule has 0 aromatic heterocycles. The molecule has 1 saturated carbocycles. The summed E-state index contributed by atoms with van der Waals surface area (Å²) in [5.41, 5.74) is 5.74. The summed E-state index contributed by atoms with van der Waals surface area (Å²) in [5, 5.41) is 0. The molecule has 0 bridgehead atoms. The highest BCUT2D eigenvalue weighted by Gasteiger charge is 2.54. The van der Waals surface area contributed by atoms with Crippen molar-refractivity contribution in [2.24, 2.45) is 17.1 Å². The number of piperidine rings is 1. The average molecular weight is 268 g/mol. The van der Waals surface area contributed by atoms with Crippen LogP contribution < -0.4 is 5.73 Å². The van der Waals surface area contributed by atoms with Crippen LogP contribution >= 0.6 is 0 Å². The zero-order valence-corrected chi connectivity index (χ0v) is 12.4. The van der Waals surface area contributed by atoms with Crippen molar-refractivity contribution in [3.63, 3.8) is 0 Å². The van der Waals surface area contributed by atoms with Gasteiger partial charge in [0.25, 0.3) is 0 Å². The fourth-order valence-corrected chi connectivity index (χ4v) is 2.98. The van der Waals surface area contributed by atoms with E-state index in [9.17, 15) is 4.79 Å². The lowest BCUT2D eigenvalue weighted by Crippen LogP contribution is -2.42. The van der Waals surface area contributed by atoms with E-state index in [4.69, 9.17) is 10.5 Å². The van der Waals surface area contributed by atoms with E-state index in [0.29, 0.717) is 18.6 Å². The second-order valence-electron chi connectivity index (χ2n) is 6.30. The van der Waals surface area contributed by atoms with Gasteiger partial charge in [0.1, 0.15) is 0 Å². The number of hydrogen-bond acceptors (Lipinski definition) is 3. The van der Waals surface area contributed by atoms with E-state index in [1.54, 1.807) is 0 Å². The minimum Gasteiger partial charge on any atom is -0.378 e. The zero-order valence-electron chi connectivity index (χ0n) is 12.4. The van der Waals surface area contributed by atoms with Crippen molar-refractivity contribution >= 4 is 5.91 Å². The Hall–Kier alpha value is -0.610. The molecule has 110 valence electrons. The maximum absolute atomic E-state index is 12.4. The van der Waals surface area contributed by atoms with Crippen molar-refractivity contribution in [3.05, 3.63) is 0 Å². The fourth-order valence-electron chi connectivity index (χ4n) is 2.98. The third-order valence-electron chi connectivity index (χ3n) is 4.91. The van der Waals surface area contributed by atoms with Gasteiger partial charge >= 0.3 is 0 Å². The van der Waals surface area contributed by atoms with Gasteiger partial charge in [0.05, 0.1) is 6.10 Å². The molecule has 4 nitrogen and oxygen atoms in total. The highest BCUT2D eigenvalue weighted by Crippen LogP contribution is 2.55. The maximum Gasteiger partial charge on any atom is 0.226 e. The van der Waals surface area contributed by atoms with Gasteiger partial charge in [-0.05, 0) is 44.1 Å². The summed E-state index contributed by atoms with van der Waals surface area (Å²) < 4.78 is 5.77. The van der Waals surface area contributed by atoms with Crippen molar-refractivity contribution in [2.45, 2.75) is 52.1 Å². The van der Waals surface area contributed by atoms with E-state index in [1.165, 1.54) is 0 Å². The largest absolute Gasteiger partial charge is 0.378 e. The van der Waals surface area contributed by atoms with E-state index >= 15 is 0 Å². The minimum atomic E-state index is 0.283. The first-order valence-electron chi connectivity index (χ1n) is 7.71. The number of likely N-dealkylation sites (tertiary alicyclic amines) is 1. The van der Waals surface area contributed by atoms with E-state index in [-0.39, 0.29) is 11.3 Å². The van der Waals surface area contributed by atoms with E-state index in [2.05, 4.69) is 13.8 Å². The van der Waals surface area contributed by atoms with Crippen LogP contribution in [0.3, 0.4) is 0 Å². The maximum atomic E-state index is 12.4. The lowest BCUT2D eigenvalue weighted by molar-refractivity contribution is -0.136. The van der Waals surface area contributed by atoms with Crippen LogP contribution in [-0.2, 0) is 9.53 Å². The fraction of sp³-hybridized carbons (Fsp3) is 0.933. The Bertz CT molecular complexity index is 313. The Kier molecular flexibility index (Phi) is 4.85. The Labute approximate surface area is 116 Å². The first-order chi connectivity index (χ1) is 9.10. The number of carbonyl (C=O) groups excluding carboxylic acids is 1. The molecule has 2 fully saturated rings. The van der Waals surface area contributed by atoms with Crippen molar-refractivity contribution in [1.82, 2.24) is 4.90 Å². The van der Waals surface area contributed by atoms with E-state index in [1.807, 2.05) is 4.90 Å². The van der Waals surface area contributed by atoms with Crippen molar-refractivity contribution in [2.75, 3.05) is 26.2 Å². The number of ether oxygens (including phenoxy) is 1. The van der Waals surface area contributed by atoms with Gasteiger partial charge in [-0.25, -0.2) is 0 Å². The third kappa shape index (κ3) is 3.48. The second-order valence-corrected chi connectivity index (χ2v) is 6.30. The van der Waals surface area contributed by atoms with Crippen LogP contribution in [0.5, 0.6) is 0 Å². The molecule has 1 aliphatic heterocycles. The molecule has 0 aromatic rings. The summed E-state index contributed by atoms with van der Waals surface area (Å²) in [4.78, 5) is 14.4. The van der Waals surface area contributed by atoms with Crippen LogP contribution in [0.4, 0.5) is 0 Å². The normalized spacial score (nSPS) is 31.5. The Balaban J connectivity index is 1.70. The molecule has 1 aliphatic carbocycles. The summed E-state index contributed by atoms with van der Waals surface area (Å²) in [6, 6.07) is 0. The summed E-state index contributed by atoms with van der Waals surface area (Å²) >= 11 is 0. The molecule has 2 atom stereocenters. The quantitative estimate of drug-likeness (QED) is 0.747. The standard InChI is InChI=1S/C15H28N2O2/c1-3-15(2)11-13(15)14(18)17-8-5-12(6-9-17)19-10-4-7-16/h12-13H,3-11,16H2,1-2H3. The molecular weight excluding hydrogens is 240 g/mol. The zero-order chi connectivity index (χ0) is 13.9. The van der Waals surface area contributed by atoms with Crippen molar-refractivity contribution in [3.8, 4) is 0 Å². The van der Waals surface area contributed by atoms with Crippen molar-refractivity contribution < 1.29 is 9.53 Å². The predicted octanol–water partition coefficient (Wildman–Crippen LogP) is 1.78. The van der Waals surface area contributed by atoms with E-state index < -0.39 is 0 Å². The van der Waals surface area contributed by atoms with Crippen LogP contribution in [0, 0.1) is 11.3 Å². The number of rotatable bonds is 6. The van der Waals surface area contributed by atoms with Gasteiger partial charge in [0.15, 0.2) is 0 Å². The van der Waals surface area contributed by atoms with Gasteiger partial charge in [-0.3, -0.25) is 4.79 Å². The number of amides is 1. The molecule has 1 heterocycles. The molecule has 2 aliphatic rings. The van der Waals surface area contributed by atoms with Gasteiger partial charge in [-0.15, -0.1) is 0 Å². The molecule has 0 spiro atoms. The third-order valence-corrected chi connectivity index (χ3v) is 4.91. The SMILES string of the molecule is CCC1(C)CC1C(=O)N1CCC(OCCCN)CC1. The van der Waals surface area contributed by atoms with Gasteiger partial charge in [0.2, 0.25) is 5.91 Å². The Morgan fingerprint density at radius 3 is 2.63 bits per heavy atom. The van der Waals surface area contributed by atoms with Crippen LogP contribution in [0.2, 0.25) is 0 Å². The highest BCUT2D eigenvalue weighted by atomic mass is 16.5. The summed E-state index contributed by atoms with van der Waals surface area (Å²) in [7, 11) is 0. The number of nitrogens with two attached hydrogens (primary N) is 1. The van der Waals surface area contributed by atoms with Gasteiger partial charge in [0, 0.05) is 25.6 Å². The first kappa shape index (κ1) is 14.8. The monoisotopic (exact) mass is 268 g/mol. The van der Waals surface area contributed by atoms with E-state index in [0.717, 1.165) is 51.8 Å². The second kappa shape index (κ2) is 6.23. The molecule has 4 heteroatoms. The Morgan fingerprint density at radius 2 is 2.11 bits per heavy atom. The van der Waals surface area contributed by atoms with Crippen LogP contribution in [-0.4, -0.2) is 43.2 Å². The van der Waals surface area contributed by atoms with Gasteiger partial charge in [-0.2, -0.15) is 0 Å². The number of carbonyl (C=O) groups is 1.